The molecule has 2 radical (unpaired) electrons. The topological polar surface area (TPSA) is 21.3 Å². The van der Waals surface area contributed by atoms with Gasteiger partial charge in [0.15, 0.2) is 0 Å². The number of hydrogen-bond donors (Lipinski definition) is 1. The Hall–Kier alpha value is -1.19. The maximum atomic E-state index is 12.9. The second-order valence-corrected chi connectivity index (χ2v) is 2.65. The van der Waals surface area contributed by atoms with Crippen molar-refractivity contribution in [2.24, 2.45) is 0 Å². The quantitative estimate of drug-likeness (QED) is 0.559. The fourth-order valence-corrected chi connectivity index (χ4v) is 1.18. The SMILES string of the molecule is [B]c1cc2c(cc1F)OCCN2. The third-order valence-electron chi connectivity index (χ3n) is 1.77. The van der Waals surface area contributed by atoms with Crippen molar-refractivity contribution < 1.29 is 9.13 Å². The molecule has 2 nitrogen and oxygen atoms in total. The first kappa shape index (κ1) is 7.46. The normalized spacial score (nSPS) is 14.4. The summed E-state index contributed by atoms with van der Waals surface area (Å²) in [7, 11) is 5.37. The molecule has 4 heteroatoms. The molecular weight excluding hydrogens is 156 g/mol. The molecule has 0 amide bonds. The Labute approximate surface area is 71.1 Å². The van der Waals surface area contributed by atoms with E-state index in [1.54, 1.807) is 6.07 Å². The zero-order valence-corrected chi connectivity index (χ0v) is 6.43. The summed E-state index contributed by atoms with van der Waals surface area (Å²) < 4.78 is 18.1. The molecule has 0 aliphatic carbocycles. The third kappa shape index (κ3) is 1.13. The van der Waals surface area contributed by atoms with Crippen LogP contribution in [0.2, 0.25) is 0 Å². The van der Waals surface area contributed by atoms with Crippen molar-refractivity contribution in [3.63, 3.8) is 0 Å². The van der Waals surface area contributed by atoms with Gasteiger partial charge in [0.1, 0.15) is 26.0 Å². The van der Waals surface area contributed by atoms with Crippen molar-refractivity contribution in [2.75, 3.05) is 18.5 Å². The van der Waals surface area contributed by atoms with Gasteiger partial charge in [0, 0.05) is 12.6 Å². The lowest BCUT2D eigenvalue weighted by Crippen LogP contribution is -2.21. The number of hydrogen-bond acceptors (Lipinski definition) is 2. The molecule has 1 aliphatic heterocycles. The van der Waals surface area contributed by atoms with E-state index >= 15 is 0 Å². The van der Waals surface area contributed by atoms with Gasteiger partial charge in [0.2, 0.25) is 0 Å². The van der Waals surface area contributed by atoms with Crippen LogP contribution >= 0.6 is 0 Å². The molecule has 0 spiro atoms. The zero-order valence-electron chi connectivity index (χ0n) is 6.43. The highest BCUT2D eigenvalue weighted by Gasteiger charge is 2.11. The summed E-state index contributed by atoms with van der Waals surface area (Å²) in [5.74, 6) is 0.102. The predicted molar refractivity (Wildman–Crippen MR) is 45.8 cm³/mol. The number of benzene rings is 1. The Balaban J connectivity index is 2.49. The van der Waals surface area contributed by atoms with Crippen LogP contribution in [0.25, 0.3) is 0 Å². The first-order valence-corrected chi connectivity index (χ1v) is 3.73. The minimum absolute atomic E-state index is 0.145. The first-order valence-electron chi connectivity index (χ1n) is 3.73. The number of nitrogens with one attached hydrogen (secondary N) is 1. The Bertz CT molecular complexity index is 285. The van der Waals surface area contributed by atoms with Gasteiger partial charge in [-0.1, -0.05) is 5.46 Å². The molecule has 0 fully saturated rings. The van der Waals surface area contributed by atoms with E-state index < -0.39 is 5.82 Å². The van der Waals surface area contributed by atoms with Gasteiger partial charge in [0.25, 0.3) is 0 Å². The molecule has 0 atom stereocenters. The van der Waals surface area contributed by atoms with Crippen LogP contribution in [0.3, 0.4) is 0 Å². The second-order valence-electron chi connectivity index (χ2n) is 2.65. The van der Waals surface area contributed by atoms with Gasteiger partial charge >= 0.3 is 0 Å². The molecule has 1 heterocycles. The molecule has 2 rings (SSSR count). The lowest BCUT2D eigenvalue weighted by atomic mass is 9.94. The number of rotatable bonds is 0. The summed E-state index contributed by atoms with van der Waals surface area (Å²) in [5.41, 5.74) is 0.909. The molecule has 0 unspecified atom stereocenters. The van der Waals surface area contributed by atoms with Crippen molar-refractivity contribution in [3.05, 3.63) is 17.9 Å². The predicted octanol–water partition coefficient (Wildman–Crippen LogP) is 0.424. The average Bonchev–Trinajstić information content (AvgIpc) is 2.07. The van der Waals surface area contributed by atoms with Crippen LogP contribution in [-0.2, 0) is 0 Å². The summed E-state index contributed by atoms with van der Waals surface area (Å²) in [6.07, 6.45) is 0. The van der Waals surface area contributed by atoms with E-state index in [1.165, 1.54) is 6.07 Å². The highest BCUT2D eigenvalue weighted by atomic mass is 19.1. The van der Waals surface area contributed by atoms with Crippen LogP contribution in [0, 0.1) is 5.82 Å². The van der Waals surface area contributed by atoms with Gasteiger partial charge in [-0.15, -0.1) is 0 Å². The average molecular weight is 163 g/mol. The molecule has 1 N–H and O–H groups in total. The molecule has 1 aliphatic rings. The Kier molecular flexibility index (Phi) is 1.68. The highest BCUT2D eigenvalue weighted by Crippen LogP contribution is 2.26. The van der Waals surface area contributed by atoms with Gasteiger partial charge in [-0.25, -0.2) is 4.39 Å². The van der Waals surface area contributed by atoms with Crippen LogP contribution in [0.4, 0.5) is 10.1 Å². The fraction of sp³-hybridized carbons (Fsp3) is 0.250. The summed E-state index contributed by atoms with van der Waals surface area (Å²) in [6.45, 7) is 1.30. The van der Waals surface area contributed by atoms with E-state index in [1.807, 2.05) is 0 Å². The van der Waals surface area contributed by atoms with E-state index in [9.17, 15) is 4.39 Å². The van der Waals surface area contributed by atoms with Crippen LogP contribution in [0.15, 0.2) is 12.1 Å². The molecule has 0 saturated carbocycles. The molecule has 1 aromatic rings. The van der Waals surface area contributed by atoms with Crippen LogP contribution < -0.4 is 15.5 Å². The van der Waals surface area contributed by atoms with E-state index in [0.29, 0.717) is 12.4 Å². The van der Waals surface area contributed by atoms with Crippen molar-refractivity contribution in [2.45, 2.75) is 0 Å². The molecule has 1 aromatic carbocycles. The van der Waals surface area contributed by atoms with Gasteiger partial charge in [0.05, 0.1) is 5.69 Å². The molecule has 0 aromatic heterocycles. The standard InChI is InChI=1S/C8H7BFNO/c9-5-3-7-8(4-6(5)10)12-2-1-11-7/h3-4,11H,1-2H2. The lowest BCUT2D eigenvalue weighted by molar-refractivity contribution is 0.321. The van der Waals surface area contributed by atoms with Crippen molar-refractivity contribution >= 4 is 19.0 Å². The van der Waals surface area contributed by atoms with E-state index in [2.05, 4.69) is 5.32 Å². The number of ether oxygens (including phenoxy) is 1. The summed E-state index contributed by atoms with van der Waals surface area (Å²) in [4.78, 5) is 0. The zero-order chi connectivity index (χ0) is 8.55. The minimum atomic E-state index is -0.433. The van der Waals surface area contributed by atoms with Crippen molar-refractivity contribution in [1.82, 2.24) is 0 Å². The van der Waals surface area contributed by atoms with E-state index in [-0.39, 0.29) is 5.46 Å². The maximum absolute atomic E-state index is 12.9. The van der Waals surface area contributed by atoms with Crippen molar-refractivity contribution in [3.8, 4) is 5.75 Å². The molecule has 0 bridgehead atoms. The van der Waals surface area contributed by atoms with E-state index in [0.717, 1.165) is 12.2 Å². The lowest BCUT2D eigenvalue weighted by Gasteiger charge is -2.19. The van der Waals surface area contributed by atoms with Crippen LogP contribution in [0.5, 0.6) is 5.75 Å². The van der Waals surface area contributed by atoms with E-state index in [4.69, 9.17) is 12.6 Å². The summed E-state index contributed by atoms with van der Waals surface area (Å²) in [6, 6.07) is 2.85. The maximum Gasteiger partial charge on any atom is 0.145 e. The van der Waals surface area contributed by atoms with Crippen LogP contribution in [-0.4, -0.2) is 21.0 Å². The van der Waals surface area contributed by atoms with Gasteiger partial charge in [-0.2, -0.15) is 0 Å². The Morgan fingerprint density at radius 2 is 2.33 bits per heavy atom. The van der Waals surface area contributed by atoms with Gasteiger partial charge < -0.3 is 10.1 Å². The summed E-state index contributed by atoms with van der Waals surface area (Å²) in [5, 5.41) is 3.06. The van der Waals surface area contributed by atoms with Crippen LogP contribution in [0.1, 0.15) is 0 Å². The molecule has 0 saturated heterocycles. The Morgan fingerprint density at radius 3 is 3.17 bits per heavy atom. The number of anilines is 1. The number of halogens is 1. The van der Waals surface area contributed by atoms with Gasteiger partial charge in [-0.3, -0.25) is 0 Å². The molecule has 60 valence electrons. The van der Waals surface area contributed by atoms with Gasteiger partial charge in [-0.05, 0) is 6.07 Å². The minimum Gasteiger partial charge on any atom is -0.489 e. The first-order chi connectivity index (χ1) is 5.77. The third-order valence-corrected chi connectivity index (χ3v) is 1.77. The number of fused-ring (bicyclic) bond motifs is 1. The smallest absolute Gasteiger partial charge is 0.145 e. The largest absolute Gasteiger partial charge is 0.489 e. The second kappa shape index (κ2) is 2.70. The Morgan fingerprint density at radius 1 is 1.50 bits per heavy atom. The highest BCUT2D eigenvalue weighted by molar-refractivity contribution is 6.32. The fourth-order valence-electron chi connectivity index (χ4n) is 1.18. The molecule has 12 heavy (non-hydrogen) atoms. The summed E-state index contributed by atoms with van der Waals surface area (Å²) >= 11 is 0. The molecular formula is C8H7BFNO. The monoisotopic (exact) mass is 163 g/mol. The van der Waals surface area contributed by atoms with Crippen molar-refractivity contribution in [1.29, 1.82) is 0 Å².